The average Bonchev–Trinajstić information content (AvgIpc) is 0.811. The molecule has 0 amide bonds. The molecule has 0 spiro atoms. The first kappa shape index (κ1) is 186. The zero-order valence-corrected chi connectivity index (χ0v) is 11.7. The maximum absolute atomic E-state index is 8.33. The molecule has 0 fully saturated rings. The van der Waals surface area contributed by atoms with Gasteiger partial charge in [-0.3, -0.25) is 0 Å². The Labute approximate surface area is 123 Å². The zero-order chi connectivity index (χ0) is 3.58. The van der Waals surface area contributed by atoms with Crippen molar-refractivity contribution in [2.24, 2.45) is 0 Å². The van der Waals surface area contributed by atoms with Crippen molar-refractivity contribution >= 4 is 6.16 Å². The van der Waals surface area contributed by atoms with Gasteiger partial charge in [-0.15, -0.1) is 0 Å². The third-order valence-corrected chi connectivity index (χ3v) is 0. The second-order valence-corrected chi connectivity index (χ2v) is 0.250. The fourth-order valence-corrected chi connectivity index (χ4v) is 0. The van der Waals surface area contributed by atoms with Crippen molar-refractivity contribution < 1.29 is 118 Å². The van der Waals surface area contributed by atoms with Crippen molar-refractivity contribution in [3.05, 3.63) is 0 Å². The predicted octanol–water partition coefficient (Wildman–Crippen LogP) is -15.0. The largest absolute Gasteiger partial charge is 1.00 e. The molecule has 0 bridgehead atoms. The third-order valence-electron chi connectivity index (χ3n) is 0. The first-order valence-electron chi connectivity index (χ1n) is 0.612. The molecular formula is CH16Na2O11. The molecule has 0 aromatic carbocycles. The maximum atomic E-state index is 8.33. The van der Waals surface area contributed by atoms with Crippen molar-refractivity contribution in [3.8, 4) is 0 Å². The van der Waals surface area contributed by atoms with Gasteiger partial charge in [0.05, 0.1) is 0 Å². The van der Waals surface area contributed by atoms with Crippen molar-refractivity contribution in [1.82, 2.24) is 0 Å². The normalized spacial score (nSPS) is 1.71. The number of carboxylic acid groups (broad SMARTS) is 2. The quantitative estimate of drug-likeness (QED) is 0.377. The van der Waals surface area contributed by atoms with E-state index >= 15 is 0 Å². The monoisotopic (exact) mass is 250 g/mol. The van der Waals surface area contributed by atoms with E-state index in [0.717, 1.165) is 0 Å². The van der Waals surface area contributed by atoms with Crippen LogP contribution in [-0.4, -0.2) is 50.0 Å². The van der Waals surface area contributed by atoms with E-state index in [1.807, 2.05) is 0 Å². The van der Waals surface area contributed by atoms with E-state index in [9.17, 15) is 0 Å². The molecule has 0 heterocycles. The topological polar surface area (TPSA) is 315 Å². The first-order chi connectivity index (χ1) is 1.73. The summed E-state index contributed by atoms with van der Waals surface area (Å²) in [6, 6.07) is 0. The Hall–Kier alpha value is 0.950. The van der Waals surface area contributed by atoms with Crippen molar-refractivity contribution in [2.45, 2.75) is 0 Å². The van der Waals surface area contributed by atoms with Crippen LogP contribution in [0.3, 0.4) is 0 Å². The number of hydrogen-bond acceptors (Lipinski definition) is 3. The van der Waals surface area contributed by atoms with Gasteiger partial charge >= 0.3 is 59.1 Å². The minimum atomic E-state index is -2.33. The molecule has 0 atom stereocenters. The van der Waals surface area contributed by atoms with E-state index < -0.39 is 6.16 Å². The van der Waals surface area contributed by atoms with Crippen LogP contribution in [0.2, 0.25) is 0 Å². The summed E-state index contributed by atoms with van der Waals surface area (Å²) < 4.78 is 0. The van der Waals surface area contributed by atoms with Crippen molar-refractivity contribution in [3.63, 3.8) is 0 Å². The molecule has 11 nitrogen and oxygen atoms in total. The minimum absolute atomic E-state index is 0. The van der Waals surface area contributed by atoms with Gasteiger partial charge in [-0.05, 0) is 6.16 Å². The summed E-state index contributed by atoms with van der Waals surface area (Å²) in [7, 11) is 0. The van der Waals surface area contributed by atoms with Gasteiger partial charge in [-0.25, -0.2) is 0 Å². The Bertz CT molecular complexity index is 36.3. The minimum Gasteiger partial charge on any atom is -0.652 e. The van der Waals surface area contributed by atoms with Gasteiger partial charge in [-0.2, -0.15) is 0 Å². The number of rotatable bonds is 0. The molecule has 0 aliphatic heterocycles. The summed E-state index contributed by atoms with van der Waals surface area (Å²) in [6.07, 6.45) is -2.33. The Morgan fingerprint density at radius 1 is 0.571 bits per heavy atom. The molecule has 0 saturated carbocycles. The number of hydrogen-bond donors (Lipinski definition) is 0. The number of carbonyl (C=O) groups excluding carboxylic acids is 1. The molecule has 0 aliphatic rings. The summed E-state index contributed by atoms with van der Waals surface area (Å²) in [5.74, 6) is 0. The summed E-state index contributed by atoms with van der Waals surface area (Å²) in [4.78, 5) is 8.33. The van der Waals surface area contributed by atoms with Crippen molar-refractivity contribution in [2.75, 3.05) is 0 Å². The van der Waals surface area contributed by atoms with E-state index in [-0.39, 0.29) is 103 Å². The molecule has 0 rings (SSSR count). The smallest absolute Gasteiger partial charge is 0.652 e. The zero-order valence-electron chi connectivity index (χ0n) is 7.72. The molecule has 0 aliphatic carbocycles. The summed E-state index contributed by atoms with van der Waals surface area (Å²) >= 11 is 0. The molecule has 0 aromatic rings. The van der Waals surface area contributed by atoms with Crippen LogP contribution >= 0.6 is 0 Å². The fraction of sp³-hybridized carbons (Fsp3) is 0. The molecule has 0 radical (unpaired) electrons. The van der Waals surface area contributed by atoms with Crippen LogP contribution in [0.15, 0.2) is 0 Å². The van der Waals surface area contributed by atoms with Gasteiger partial charge in [0, 0.05) is 0 Å². The summed E-state index contributed by atoms with van der Waals surface area (Å²) in [5.41, 5.74) is 0. The first-order valence-corrected chi connectivity index (χ1v) is 0.612. The Kier molecular flexibility index (Phi) is 2000. The Morgan fingerprint density at radius 2 is 0.571 bits per heavy atom. The second kappa shape index (κ2) is 150. The molecule has 88 valence electrons. The van der Waals surface area contributed by atoms with E-state index in [2.05, 4.69) is 0 Å². The van der Waals surface area contributed by atoms with Gasteiger partial charge < -0.3 is 58.8 Å². The number of carbonyl (C=O) groups is 1. The van der Waals surface area contributed by atoms with Crippen LogP contribution in [0.25, 0.3) is 0 Å². The molecule has 13 heteroatoms. The molecule has 0 aromatic heterocycles. The predicted molar refractivity (Wildman–Crippen MR) is 34.3 cm³/mol. The van der Waals surface area contributed by atoms with Gasteiger partial charge in [0.1, 0.15) is 0 Å². The molecule has 0 unspecified atom stereocenters. The van der Waals surface area contributed by atoms with Gasteiger partial charge in [0.15, 0.2) is 0 Å². The SMILES string of the molecule is O.O.O.O.O.O.O.O.O=C([O-])[O-].[Na+].[Na+]. The van der Waals surface area contributed by atoms with Gasteiger partial charge in [0.2, 0.25) is 0 Å². The van der Waals surface area contributed by atoms with Crippen LogP contribution in [-0.2, 0) is 0 Å². The average molecular weight is 250 g/mol. The van der Waals surface area contributed by atoms with E-state index in [1.165, 1.54) is 0 Å². The Morgan fingerprint density at radius 3 is 0.571 bits per heavy atom. The maximum Gasteiger partial charge on any atom is 1.00 e. The Balaban J connectivity index is -0.000000001000. The molecule has 16 N–H and O–H groups in total. The van der Waals surface area contributed by atoms with E-state index in [4.69, 9.17) is 15.0 Å². The fourth-order valence-electron chi connectivity index (χ4n) is 0. The van der Waals surface area contributed by atoms with Gasteiger partial charge in [0.25, 0.3) is 0 Å². The van der Waals surface area contributed by atoms with Crippen LogP contribution in [0.5, 0.6) is 0 Å². The summed E-state index contributed by atoms with van der Waals surface area (Å²) in [5, 5.41) is 16.7. The van der Waals surface area contributed by atoms with E-state index in [0.29, 0.717) is 0 Å². The standard InChI is InChI=1S/CH2O3.2Na.8H2O/c2-1(3)4;;;;;;;;;;/h(H2,2,3,4);;;8*1H2/q;2*+1;;;;;;;;/p-2. The van der Waals surface area contributed by atoms with E-state index in [1.54, 1.807) is 0 Å². The van der Waals surface area contributed by atoms with Crippen LogP contribution in [0.4, 0.5) is 4.79 Å². The van der Waals surface area contributed by atoms with Crippen LogP contribution < -0.4 is 69.3 Å². The summed E-state index contributed by atoms with van der Waals surface area (Å²) in [6.45, 7) is 0. The van der Waals surface area contributed by atoms with Crippen molar-refractivity contribution in [1.29, 1.82) is 0 Å². The molecule has 0 saturated heterocycles. The molecule has 14 heavy (non-hydrogen) atoms. The second-order valence-electron chi connectivity index (χ2n) is 0.250. The van der Waals surface area contributed by atoms with Gasteiger partial charge in [-0.1, -0.05) is 0 Å². The molecular weight excluding hydrogens is 234 g/mol. The van der Waals surface area contributed by atoms with Crippen LogP contribution in [0.1, 0.15) is 0 Å². The third kappa shape index (κ3) is 2050. The van der Waals surface area contributed by atoms with Crippen LogP contribution in [0, 0.1) is 0 Å².